The zero-order valence-corrected chi connectivity index (χ0v) is 12.5. The molecule has 1 fully saturated rings. The number of amides is 1. The zero-order valence-electron chi connectivity index (χ0n) is 12.5. The fourth-order valence-electron chi connectivity index (χ4n) is 2.80. The van der Waals surface area contributed by atoms with E-state index in [-0.39, 0.29) is 24.1 Å². The van der Waals surface area contributed by atoms with Crippen LogP contribution in [0, 0.1) is 12.7 Å². The van der Waals surface area contributed by atoms with Crippen LogP contribution < -0.4 is 0 Å². The number of nitrogens with zero attached hydrogens (tertiary/aromatic N) is 3. The Morgan fingerprint density at radius 3 is 3.05 bits per heavy atom. The third kappa shape index (κ3) is 3.30. The van der Waals surface area contributed by atoms with Crippen LogP contribution in [0.5, 0.6) is 0 Å². The van der Waals surface area contributed by atoms with E-state index < -0.39 is 0 Å². The number of hydrogen-bond donors (Lipinski definition) is 0. The van der Waals surface area contributed by atoms with Crippen molar-refractivity contribution in [3.05, 3.63) is 59.4 Å². The molecule has 1 atom stereocenters. The quantitative estimate of drug-likeness (QED) is 0.874. The van der Waals surface area contributed by atoms with Crippen molar-refractivity contribution in [1.29, 1.82) is 0 Å². The molecule has 3 rings (SSSR count). The summed E-state index contributed by atoms with van der Waals surface area (Å²) in [7, 11) is 0. The van der Waals surface area contributed by atoms with Crippen LogP contribution in [0.1, 0.15) is 29.4 Å². The van der Waals surface area contributed by atoms with Crippen LogP contribution in [0.25, 0.3) is 0 Å². The lowest BCUT2D eigenvalue weighted by Gasteiger charge is -2.16. The number of likely N-dealkylation sites (tertiary alicyclic amines) is 1. The summed E-state index contributed by atoms with van der Waals surface area (Å²) in [5.74, 6) is 0.718. The van der Waals surface area contributed by atoms with Gasteiger partial charge in [0.2, 0.25) is 5.91 Å². The third-order valence-electron chi connectivity index (χ3n) is 3.96. The van der Waals surface area contributed by atoms with Crippen LogP contribution >= 0.6 is 0 Å². The highest BCUT2D eigenvalue weighted by atomic mass is 19.1. The van der Waals surface area contributed by atoms with E-state index in [1.807, 2.05) is 17.9 Å². The van der Waals surface area contributed by atoms with Crippen molar-refractivity contribution in [1.82, 2.24) is 14.9 Å². The minimum atomic E-state index is -0.308. The fourth-order valence-corrected chi connectivity index (χ4v) is 2.80. The summed E-state index contributed by atoms with van der Waals surface area (Å²) >= 11 is 0. The third-order valence-corrected chi connectivity index (χ3v) is 3.96. The van der Waals surface area contributed by atoms with Gasteiger partial charge < -0.3 is 4.90 Å². The normalized spacial score (nSPS) is 17.7. The van der Waals surface area contributed by atoms with Gasteiger partial charge in [-0.05, 0) is 37.1 Å². The Morgan fingerprint density at radius 1 is 1.41 bits per heavy atom. The number of hydrogen-bond acceptors (Lipinski definition) is 3. The van der Waals surface area contributed by atoms with Crippen LogP contribution in [0.3, 0.4) is 0 Å². The second-order valence-corrected chi connectivity index (χ2v) is 5.69. The Labute approximate surface area is 129 Å². The molecule has 2 heterocycles. The van der Waals surface area contributed by atoms with Crippen molar-refractivity contribution in [3.8, 4) is 0 Å². The van der Waals surface area contributed by atoms with E-state index in [1.165, 1.54) is 12.1 Å². The monoisotopic (exact) mass is 299 g/mol. The lowest BCUT2D eigenvalue weighted by molar-refractivity contribution is -0.129. The molecule has 1 aromatic carbocycles. The van der Waals surface area contributed by atoms with Crippen LogP contribution in [0.4, 0.5) is 4.39 Å². The average molecular weight is 299 g/mol. The Kier molecular flexibility index (Phi) is 4.13. The summed E-state index contributed by atoms with van der Waals surface area (Å²) in [6.45, 7) is 3.28. The molecule has 1 aromatic heterocycles. The molecule has 2 aromatic rings. The van der Waals surface area contributed by atoms with Crippen LogP contribution in [-0.2, 0) is 11.2 Å². The van der Waals surface area contributed by atoms with Crippen molar-refractivity contribution in [2.45, 2.75) is 25.7 Å². The van der Waals surface area contributed by atoms with Crippen molar-refractivity contribution in [3.63, 3.8) is 0 Å². The SMILES string of the molecule is Cc1ccnc(C2CCN(C(=O)Cc3cccc(F)c3)C2)n1. The van der Waals surface area contributed by atoms with Gasteiger partial charge in [-0.2, -0.15) is 0 Å². The number of carbonyl (C=O) groups is 1. The number of aryl methyl sites for hydroxylation is 1. The molecule has 114 valence electrons. The van der Waals surface area contributed by atoms with Crippen LogP contribution in [0.15, 0.2) is 36.5 Å². The van der Waals surface area contributed by atoms with E-state index >= 15 is 0 Å². The van der Waals surface area contributed by atoms with Gasteiger partial charge in [0.15, 0.2) is 0 Å². The fraction of sp³-hybridized carbons (Fsp3) is 0.353. The Hall–Kier alpha value is -2.30. The minimum absolute atomic E-state index is 0.0285. The molecule has 1 aliphatic heterocycles. The average Bonchev–Trinajstić information content (AvgIpc) is 2.97. The molecule has 0 N–H and O–H groups in total. The largest absolute Gasteiger partial charge is 0.342 e. The molecule has 1 unspecified atom stereocenters. The number of aromatic nitrogens is 2. The maximum absolute atomic E-state index is 13.2. The lowest BCUT2D eigenvalue weighted by Crippen LogP contribution is -2.30. The van der Waals surface area contributed by atoms with Gasteiger partial charge in [0.05, 0.1) is 6.42 Å². The van der Waals surface area contributed by atoms with Crippen molar-refractivity contribution >= 4 is 5.91 Å². The maximum atomic E-state index is 13.2. The molecule has 5 heteroatoms. The summed E-state index contributed by atoms with van der Waals surface area (Å²) in [6.07, 6.45) is 2.87. The van der Waals surface area contributed by atoms with Gasteiger partial charge in [-0.25, -0.2) is 14.4 Å². The summed E-state index contributed by atoms with van der Waals surface area (Å²) in [4.78, 5) is 22.9. The Balaban J connectivity index is 1.63. The van der Waals surface area contributed by atoms with Crippen molar-refractivity contribution in [2.75, 3.05) is 13.1 Å². The van der Waals surface area contributed by atoms with Gasteiger partial charge >= 0.3 is 0 Å². The molecule has 4 nitrogen and oxygen atoms in total. The predicted octanol–water partition coefficient (Wildman–Crippen LogP) is 2.48. The van der Waals surface area contributed by atoms with E-state index in [0.29, 0.717) is 18.7 Å². The van der Waals surface area contributed by atoms with Gasteiger partial charge in [-0.1, -0.05) is 12.1 Å². The van der Waals surface area contributed by atoms with Gasteiger partial charge in [-0.3, -0.25) is 4.79 Å². The van der Waals surface area contributed by atoms with Crippen LogP contribution in [0.2, 0.25) is 0 Å². The second kappa shape index (κ2) is 6.22. The lowest BCUT2D eigenvalue weighted by atomic mass is 10.1. The van der Waals surface area contributed by atoms with Crippen molar-refractivity contribution in [2.24, 2.45) is 0 Å². The van der Waals surface area contributed by atoms with E-state index in [4.69, 9.17) is 0 Å². The molecule has 22 heavy (non-hydrogen) atoms. The molecule has 0 spiro atoms. The summed E-state index contributed by atoms with van der Waals surface area (Å²) in [5.41, 5.74) is 1.65. The molecule has 1 amide bonds. The number of benzene rings is 1. The number of rotatable bonds is 3. The Morgan fingerprint density at radius 2 is 2.27 bits per heavy atom. The second-order valence-electron chi connectivity index (χ2n) is 5.69. The first-order valence-corrected chi connectivity index (χ1v) is 7.43. The van der Waals surface area contributed by atoms with E-state index in [2.05, 4.69) is 9.97 Å². The first kappa shape index (κ1) is 14.6. The highest BCUT2D eigenvalue weighted by Gasteiger charge is 2.28. The maximum Gasteiger partial charge on any atom is 0.227 e. The molecule has 0 bridgehead atoms. The first-order valence-electron chi connectivity index (χ1n) is 7.43. The van der Waals surface area contributed by atoms with E-state index in [1.54, 1.807) is 18.3 Å². The van der Waals surface area contributed by atoms with Crippen LogP contribution in [-0.4, -0.2) is 33.9 Å². The highest BCUT2D eigenvalue weighted by molar-refractivity contribution is 5.79. The summed E-state index contributed by atoms with van der Waals surface area (Å²) in [6, 6.07) is 8.07. The standard InChI is InChI=1S/C17H18FN3O/c1-12-5-7-19-17(20-12)14-6-8-21(11-14)16(22)10-13-3-2-4-15(18)9-13/h2-5,7,9,14H,6,8,10-11H2,1H3. The molecular weight excluding hydrogens is 281 g/mol. The predicted molar refractivity (Wildman–Crippen MR) is 80.8 cm³/mol. The topological polar surface area (TPSA) is 46.1 Å². The zero-order chi connectivity index (χ0) is 15.5. The van der Waals surface area contributed by atoms with Gasteiger partial charge in [0.25, 0.3) is 0 Å². The number of halogens is 1. The summed E-state index contributed by atoms with van der Waals surface area (Å²) < 4.78 is 13.2. The molecule has 0 aliphatic carbocycles. The molecule has 0 saturated carbocycles. The highest BCUT2D eigenvalue weighted by Crippen LogP contribution is 2.25. The van der Waals surface area contributed by atoms with Crippen molar-refractivity contribution < 1.29 is 9.18 Å². The molecule has 1 aliphatic rings. The van der Waals surface area contributed by atoms with Gasteiger partial charge in [-0.15, -0.1) is 0 Å². The summed E-state index contributed by atoms with van der Waals surface area (Å²) in [5, 5.41) is 0. The minimum Gasteiger partial charge on any atom is -0.342 e. The van der Waals surface area contributed by atoms with Gasteiger partial charge in [0, 0.05) is 30.9 Å². The van der Waals surface area contributed by atoms with E-state index in [9.17, 15) is 9.18 Å². The van der Waals surface area contributed by atoms with Gasteiger partial charge in [0.1, 0.15) is 11.6 Å². The smallest absolute Gasteiger partial charge is 0.227 e. The number of carbonyl (C=O) groups excluding carboxylic acids is 1. The Bertz CT molecular complexity index is 689. The molecule has 0 radical (unpaired) electrons. The first-order chi connectivity index (χ1) is 10.6. The molecule has 1 saturated heterocycles. The van der Waals surface area contributed by atoms with E-state index in [0.717, 1.165) is 17.9 Å². The molecular formula is C17H18FN3O.